The summed E-state index contributed by atoms with van der Waals surface area (Å²) < 4.78 is 37.6. The van der Waals surface area contributed by atoms with Crippen LogP contribution in [-0.2, 0) is 15.8 Å². The number of rotatable bonds is 4. The van der Waals surface area contributed by atoms with Crippen molar-refractivity contribution < 1.29 is 22.8 Å². The molecule has 1 aliphatic heterocycles. The minimum Gasteiger partial charge on any atom is -0.351 e. The smallest absolute Gasteiger partial charge is 0.351 e. The third kappa shape index (κ3) is 4.46. The molecule has 0 aliphatic carbocycles. The average molecular weight is 328 g/mol. The quantitative estimate of drug-likeness (QED) is 0.923. The monoisotopic (exact) mass is 328 g/mol. The highest BCUT2D eigenvalue weighted by Gasteiger charge is 2.30. The summed E-state index contributed by atoms with van der Waals surface area (Å²) in [7, 11) is 1.68. The van der Waals surface area contributed by atoms with Crippen LogP contribution in [0.25, 0.3) is 0 Å². The zero-order valence-electron chi connectivity index (χ0n) is 13.0. The van der Waals surface area contributed by atoms with Gasteiger partial charge in [-0.25, -0.2) is 0 Å². The van der Waals surface area contributed by atoms with Gasteiger partial charge in [0.2, 0.25) is 11.8 Å². The highest BCUT2D eigenvalue weighted by molar-refractivity contribution is 5.82. The van der Waals surface area contributed by atoms with Gasteiger partial charge in [-0.2, -0.15) is 13.2 Å². The molecule has 0 bridgehead atoms. The minimum absolute atomic E-state index is 0.00825. The van der Waals surface area contributed by atoms with Crippen LogP contribution in [0, 0.1) is 0 Å². The fourth-order valence-corrected chi connectivity index (χ4v) is 2.64. The Labute approximate surface area is 132 Å². The molecule has 2 unspecified atom stereocenters. The summed E-state index contributed by atoms with van der Waals surface area (Å²) in [6.45, 7) is 2.27. The second-order valence-electron chi connectivity index (χ2n) is 5.97. The summed E-state index contributed by atoms with van der Waals surface area (Å²) in [5, 5.41) is 2.79. The van der Waals surface area contributed by atoms with Crippen molar-refractivity contribution in [1.29, 1.82) is 0 Å². The highest BCUT2D eigenvalue weighted by Crippen LogP contribution is 2.30. The van der Waals surface area contributed by atoms with Crippen LogP contribution in [-0.4, -0.2) is 36.3 Å². The number of likely N-dealkylation sites (tertiary alicyclic amines) is 1. The normalized spacial score (nSPS) is 19.8. The molecule has 1 aliphatic rings. The lowest BCUT2D eigenvalue weighted by Gasteiger charge is -2.16. The van der Waals surface area contributed by atoms with Crippen molar-refractivity contribution in [3.8, 4) is 0 Å². The first-order valence-electron chi connectivity index (χ1n) is 7.37. The van der Waals surface area contributed by atoms with Crippen molar-refractivity contribution in [3.63, 3.8) is 0 Å². The standard InChI is InChI=1S/C16H19F3N2O2/c1-10(11-3-5-12(6-4-11)16(17,18)19)7-14(22)20-13-8-15(23)21(2)9-13/h3-6,10,13H,7-9H2,1-2H3,(H,20,22). The Bertz CT molecular complexity index is 584. The van der Waals surface area contributed by atoms with E-state index < -0.39 is 11.7 Å². The van der Waals surface area contributed by atoms with Gasteiger partial charge in [0.05, 0.1) is 11.6 Å². The fourth-order valence-electron chi connectivity index (χ4n) is 2.64. The minimum atomic E-state index is -4.36. The lowest BCUT2D eigenvalue weighted by molar-refractivity contribution is -0.137. The van der Waals surface area contributed by atoms with Crippen molar-refractivity contribution in [2.75, 3.05) is 13.6 Å². The maximum atomic E-state index is 12.5. The zero-order chi connectivity index (χ0) is 17.2. The lowest BCUT2D eigenvalue weighted by atomic mass is 9.96. The number of amides is 2. The Balaban J connectivity index is 1.90. The molecule has 1 aromatic carbocycles. The third-order valence-corrected chi connectivity index (χ3v) is 4.00. The van der Waals surface area contributed by atoms with Crippen molar-refractivity contribution in [3.05, 3.63) is 35.4 Å². The van der Waals surface area contributed by atoms with Crippen molar-refractivity contribution in [2.45, 2.75) is 37.9 Å². The number of nitrogens with zero attached hydrogens (tertiary/aromatic N) is 1. The molecule has 7 heteroatoms. The summed E-state index contributed by atoms with van der Waals surface area (Å²) in [5.41, 5.74) is -0.0295. The number of alkyl halides is 3. The van der Waals surface area contributed by atoms with Crippen LogP contribution >= 0.6 is 0 Å². The van der Waals surface area contributed by atoms with Crippen LogP contribution in [0.3, 0.4) is 0 Å². The SMILES string of the molecule is CC(CC(=O)NC1CC(=O)N(C)C1)c1ccc(C(F)(F)F)cc1. The first-order chi connectivity index (χ1) is 10.7. The largest absolute Gasteiger partial charge is 0.416 e. The number of likely N-dealkylation sites (N-methyl/N-ethyl adjacent to an activating group) is 1. The molecule has 2 rings (SSSR count). The Morgan fingerprint density at radius 3 is 2.43 bits per heavy atom. The number of hydrogen-bond acceptors (Lipinski definition) is 2. The van der Waals surface area contributed by atoms with Gasteiger partial charge in [0.15, 0.2) is 0 Å². The summed E-state index contributed by atoms with van der Waals surface area (Å²) >= 11 is 0. The van der Waals surface area contributed by atoms with E-state index in [-0.39, 0.29) is 36.6 Å². The Hall–Kier alpha value is -2.05. The lowest BCUT2D eigenvalue weighted by Crippen LogP contribution is -2.36. The molecule has 126 valence electrons. The number of hydrogen-bond donors (Lipinski definition) is 1. The number of carbonyl (C=O) groups excluding carboxylic acids is 2. The first-order valence-corrected chi connectivity index (χ1v) is 7.37. The molecular weight excluding hydrogens is 309 g/mol. The fraction of sp³-hybridized carbons (Fsp3) is 0.500. The summed E-state index contributed by atoms with van der Waals surface area (Å²) in [6, 6.07) is 4.64. The van der Waals surface area contributed by atoms with Crippen LogP contribution in [0.5, 0.6) is 0 Å². The highest BCUT2D eigenvalue weighted by atomic mass is 19.4. The number of carbonyl (C=O) groups is 2. The summed E-state index contributed by atoms with van der Waals surface area (Å²) in [5.74, 6) is -0.413. The molecule has 2 amide bonds. The van der Waals surface area contributed by atoms with E-state index in [4.69, 9.17) is 0 Å². The predicted molar refractivity (Wildman–Crippen MR) is 78.7 cm³/mol. The Morgan fingerprint density at radius 1 is 1.35 bits per heavy atom. The number of benzene rings is 1. The topological polar surface area (TPSA) is 49.4 Å². The van der Waals surface area contributed by atoms with E-state index in [1.807, 2.05) is 0 Å². The van der Waals surface area contributed by atoms with Gasteiger partial charge in [0.1, 0.15) is 0 Å². The van der Waals surface area contributed by atoms with Gasteiger partial charge in [-0.1, -0.05) is 19.1 Å². The molecule has 2 atom stereocenters. The van der Waals surface area contributed by atoms with Crippen molar-refractivity contribution >= 4 is 11.8 Å². The first kappa shape index (κ1) is 17.3. The van der Waals surface area contributed by atoms with E-state index in [0.29, 0.717) is 12.1 Å². The van der Waals surface area contributed by atoms with Crippen LogP contribution in [0.4, 0.5) is 13.2 Å². The van der Waals surface area contributed by atoms with Gasteiger partial charge >= 0.3 is 6.18 Å². The third-order valence-electron chi connectivity index (χ3n) is 4.00. The van der Waals surface area contributed by atoms with Crippen molar-refractivity contribution in [2.24, 2.45) is 0 Å². The van der Waals surface area contributed by atoms with Crippen LogP contribution in [0.2, 0.25) is 0 Å². The molecule has 1 aromatic rings. The summed E-state index contributed by atoms with van der Waals surface area (Å²) in [4.78, 5) is 25.0. The van der Waals surface area contributed by atoms with Crippen molar-refractivity contribution in [1.82, 2.24) is 10.2 Å². The Kier molecular flexibility index (Phi) is 4.97. The van der Waals surface area contributed by atoms with E-state index in [2.05, 4.69) is 5.32 Å². The molecule has 0 radical (unpaired) electrons. The maximum Gasteiger partial charge on any atom is 0.416 e. The van der Waals surface area contributed by atoms with E-state index >= 15 is 0 Å². The number of halogens is 3. The van der Waals surface area contributed by atoms with Crippen LogP contribution in [0.15, 0.2) is 24.3 Å². The molecule has 0 saturated carbocycles. The van der Waals surface area contributed by atoms with E-state index in [0.717, 1.165) is 12.1 Å². The second-order valence-corrected chi connectivity index (χ2v) is 5.97. The van der Waals surface area contributed by atoms with Gasteiger partial charge in [0, 0.05) is 26.4 Å². The van der Waals surface area contributed by atoms with Crippen LogP contribution in [0.1, 0.15) is 36.8 Å². The van der Waals surface area contributed by atoms with Crippen LogP contribution < -0.4 is 5.32 Å². The second kappa shape index (κ2) is 6.60. The molecule has 0 spiro atoms. The Morgan fingerprint density at radius 2 is 1.96 bits per heavy atom. The predicted octanol–water partition coefficient (Wildman–Crippen LogP) is 2.55. The molecule has 0 aromatic heterocycles. The molecule has 23 heavy (non-hydrogen) atoms. The summed E-state index contributed by atoms with van der Waals surface area (Å²) in [6.07, 6.45) is -3.91. The molecule has 1 N–H and O–H groups in total. The zero-order valence-corrected chi connectivity index (χ0v) is 13.0. The maximum absolute atomic E-state index is 12.5. The van der Waals surface area contributed by atoms with Gasteiger partial charge in [-0.15, -0.1) is 0 Å². The van der Waals surface area contributed by atoms with E-state index in [1.165, 1.54) is 12.1 Å². The van der Waals surface area contributed by atoms with E-state index in [1.54, 1.807) is 18.9 Å². The molecule has 4 nitrogen and oxygen atoms in total. The average Bonchev–Trinajstić information content (AvgIpc) is 2.76. The molecule has 1 saturated heterocycles. The molecule has 1 fully saturated rings. The van der Waals surface area contributed by atoms with Gasteiger partial charge < -0.3 is 10.2 Å². The molecular formula is C16H19F3N2O2. The van der Waals surface area contributed by atoms with Gasteiger partial charge in [-0.05, 0) is 23.6 Å². The van der Waals surface area contributed by atoms with Gasteiger partial charge in [-0.3, -0.25) is 9.59 Å². The molecule has 1 heterocycles. The number of nitrogens with one attached hydrogen (secondary N) is 1. The van der Waals surface area contributed by atoms with E-state index in [9.17, 15) is 22.8 Å². The van der Waals surface area contributed by atoms with Gasteiger partial charge in [0.25, 0.3) is 0 Å².